The number of fused-ring (bicyclic) bond motifs is 2. The number of thioether (sulfide) groups is 1. The number of para-hydroxylation sites is 1. The first-order chi connectivity index (χ1) is 19.6. The van der Waals surface area contributed by atoms with Gasteiger partial charge in [0, 0.05) is 18.5 Å². The highest BCUT2D eigenvalue weighted by Gasteiger charge is 2.46. The molecule has 6 rings (SSSR count). The molecule has 204 valence electrons. The Morgan fingerprint density at radius 3 is 2.55 bits per heavy atom. The molecular formula is C34H32ClNO3S. The van der Waals surface area contributed by atoms with E-state index < -0.39 is 0 Å². The molecule has 2 heterocycles. The molecule has 0 radical (unpaired) electrons. The van der Waals surface area contributed by atoms with Crippen LogP contribution in [0, 0.1) is 11.8 Å². The Kier molecular flexibility index (Phi) is 7.77. The summed E-state index contributed by atoms with van der Waals surface area (Å²) < 4.78 is 11.7. The number of hydrogen-bond donors (Lipinski definition) is 0. The molecule has 0 bridgehead atoms. The molecule has 2 aliphatic rings. The van der Waals surface area contributed by atoms with Gasteiger partial charge in [0.25, 0.3) is 5.24 Å². The third-order valence-electron chi connectivity index (χ3n) is 8.25. The highest BCUT2D eigenvalue weighted by Crippen LogP contribution is 2.52. The lowest BCUT2D eigenvalue weighted by Gasteiger charge is -2.39. The van der Waals surface area contributed by atoms with Crippen LogP contribution in [0.3, 0.4) is 0 Å². The van der Waals surface area contributed by atoms with E-state index in [4.69, 9.17) is 21.1 Å². The second-order valence-corrected chi connectivity index (χ2v) is 11.9. The molecule has 0 N–H and O–H groups in total. The van der Waals surface area contributed by atoms with Crippen molar-refractivity contribution < 1.29 is 14.3 Å². The van der Waals surface area contributed by atoms with Gasteiger partial charge in [0.2, 0.25) is 0 Å². The van der Waals surface area contributed by atoms with E-state index in [2.05, 4.69) is 53.9 Å². The van der Waals surface area contributed by atoms with Gasteiger partial charge in [0.15, 0.2) is 0 Å². The zero-order valence-corrected chi connectivity index (χ0v) is 24.0. The lowest BCUT2D eigenvalue weighted by Crippen LogP contribution is -2.43. The molecule has 1 amide bonds. The maximum absolute atomic E-state index is 13.3. The first-order valence-corrected chi connectivity index (χ1v) is 15.1. The Balaban J connectivity index is 1.43. The number of piperidine rings is 1. The van der Waals surface area contributed by atoms with Crippen molar-refractivity contribution in [2.45, 2.75) is 24.1 Å². The van der Waals surface area contributed by atoms with Gasteiger partial charge in [0.05, 0.1) is 12.4 Å². The van der Waals surface area contributed by atoms with Crippen LogP contribution in [-0.4, -0.2) is 35.7 Å². The predicted octanol–water partition coefficient (Wildman–Crippen LogP) is 9.34. The van der Waals surface area contributed by atoms with E-state index in [0.29, 0.717) is 11.8 Å². The molecule has 4 aromatic rings. The Morgan fingerprint density at radius 1 is 1.00 bits per heavy atom. The number of methoxy groups -OCH3 is 1. The molecule has 2 fully saturated rings. The van der Waals surface area contributed by atoms with Crippen LogP contribution in [0.5, 0.6) is 17.2 Å². The zero-order valence-electron chi connectivity index (χ0n) is 22.5. The van der Waals surface area contributed by atoms with Crippen LogP contribution in [0.1, 0.15) is 23.7 Å². The Labute approximate surface area is 244 Å². The molecule has 4 nitrogen and oxygen atoms in total. The van der Waals surface area contributed by atoms with E-state index >= 15 is 0 Å². The van der Waals surface area contributed by atoms with Crippen molar-refractivity contribution in [2.75, 3.05) is 19.5 Å². The number of ether oxygens (including phenoxy) is 2. The molecule has 0 unspecified atom stereocenters. The molecule has 2 aliphatic heterocycles. The van der Waals surface area contributed by atoms with Crippen LogP contribution in [0.4, 0.5) is 4.79 Å². The SMILES string of the molecule is C=C[C@@H](CCl)[C@H]1CCN2C(=O)S[C@H](c3cc(Oc4ccccc4)ccc3-c3ccc4cc(OC)ccc4c3)[C@@H]2C1. The summed E-state index contributed by atoms with van der Waals surface area (Å²) in [6, 6.07) is 28.8. The maximum Gasteiger partial charge on any atom is 0.282 e. The van der Waals surface area contributed by atoms with Crippen LogP contribution in [0.25, 0.3) is 21.9 Å². The van der Waals surface area contributed by atoms with E-state index in [9.17, 15) is 4.79 Å². The number of hydrogen-bond acceptors (Lipinski definition) is 4. The summed E-state index contributed by atoms with van der Waals surface area (Å²) >= 11 is 7.76. The number of alkyl halides is 1. The van der Waals surface area contributed by atoms with Gasteiger partial charge >= 0.3 is 0 Å². The predicted molar refractivity (Wildman–Crippen MR) is 166 cm³/mol. The Hall–Kier alpha value is -3.41. The van der Waals surface area contributed by atoms with Gasteiger partial charge in [-0.2, -0.15) is 0 Å². The highest BCUT2D eigenvalue weighted by atomic mass is 35.5. The molecular weight excluding hydrogens is 538 g/mol. The number of nitrogens with zero attached hydrogens (tertiary/aromatic N) is 1. The topological polar surface area (TPSA) is 38.8 Å². The van der Waals surface area contributed by atoms with E-state index in [1.165, 1.54) is 11.8 Å². The second kappa shape index (κ2) is 11.6. The molecule has 2 saturated heterocycles. The second-order valence-electron chi connectivity index (χ2n) is 10.5. The van der Waals surface area contributed by atoms with Crippen LogP contribution in [-0.2, 0) is 0 Å². The Bertz CT molecular complexity index is 1540. The molecule has 0 saturated carbocycles. The number of carbonyl (C=O) groups excluding carboxylic acids is 1. The molecule has 0 aromatic heterocycles. The molecule has 0 spiro atoms. The number of allylic oxidation sites excluding steroid dienone is 1. The summed E-state index contributed by atoms with van der Waals surface area (Å²) in [5.74, 6) is 3.60. The van der Waals surface area contributed by atoms with E-state index in [0.717, 1.165) is 64.1 Å². The fraction of sp³-hybridized carbons (Fsp3) is 0.265. The van der Waals surface area contributed by atoms with E-state index in [1.54, 1.807) is 7.11 Å². The molecule has 4 atom stereocenters. The average molecular weight is 570 g/mol. The lowest BCUT2D eigenvalue weighted by atomic mass is 9.79. The minimum absolute atomic E-state index is 0.0167. The smallest absolute Gasteiger partial charge is 0.282 e. The van der Waals surface area contributed by atoms with Crippen molar-refractivity contribution in [3.63, 3.8) is 0 Å². The van der Waals surface area contributed by atoms with Gasteiger partial charge in [-0.05, 0) is 94.6 Å². The number of halogens is 1. The summed E-state index contributed by atoms with van der Waals surface area (Å²) in [5.41, 5.74) is 3.35. The van der Waals surface area contributed by atoms with Gasteiger partial charge in [-0.15, -0.1) is 18.2 Å². The van der Waals surface area contributed by atoms with Crippen molar-refractivity contribution in [3.05, 3.63) is 103 Å². The zero-order chi connectivity index (χ0) is 27.6. The van der Waals surface area contributed by atoms with Crippen LogP contribution < -0.4 is 9.47 Å². The summed E-state index contributed by atoms with van der Waals surface area (Å²) in [4.78, 5) is 15.3. The van der Waals surface area contributed by atoms with Crippen molar-refractivity contribution in [3.8, 4) is 28.4 Å². The molecule has 40 heavy (non-hydrogen) atoms. The number of benzene rings is 4. The monoisotopic (exact) mass is 569 g/mol. The third-order valence-corrected chi connectivity index (χ3v) is 9.86. The standard InChI is InChI=1S/C34H32ClNO3S/c1-3-22(21-35)25-15-16-36-32(19-25)33(40-34(36)37)31-20-29(39-27-7-5-4-6-8-27)13-14-30(31)26-10-9-24-18-28(38-2)12-11-23(24)17-26/h3-14,17-18,20,22,25,32-33H,1,15-16,19,21H2,2H3/t22-,25-,32-,33+/m0/s1. The molecule has 4 aromatic carbocycles. The van der Waals surface area contributed by atoms with Crippen molar-refractivity contribution in [1.82, 2.24) is 4.90 Å². The van der Waals surface area contributed by atoms with Crippen molar-refractivity contribution in [2.24, 2.45) is 11.8 Å². The summed E-state index contributed by atoms with van der Waals surface area (Å²) in [6.07, 6.45) is 3.85. The van der Waals surface area contributed by atoms with Gasteiger partial charge < -0.3 is 14.4 Å². The van der Waals surface area contributed by atoms with Crippen LogP contribution in [0.15, 0.2) is 97.6 Å². The van der Waals surface area contributed by atoms with Crippen molar-refractivity contribution >= 4 is 39.4 Å². The minimum Gasteiger partial charge on any atom is -0.497 e. The van der Waals surface area contributed by atoms with Gasteiger partial charge in [0.1, 0.15) is 17.2 Å². The average Bonchev–Trinajstić information content (AvgIpc) is 3.33. The molecule has 6 heteroatoms. The van der Waals surface area contributed by atoms with Crippen molar-refractivity contribution in [1.29, 1.82) is 0 Å². The summed E-state index contributed by atoms with van der Waals surface area (Å²) in [6.45, 7) is 4.79. The fourth-order valence-electron chi connectivity index (χ4n) is 6.08. The fourth-order valence-corrected chi connectivity index (χ4v) is 7.78. The van der Waals surface area contributed by atoms with Gasteiger partial charge in [-0.3, -0.25) is 4.79 Å². The lowest BCUT2D eigenvalue weighted by molar-refractivity contribution is 0.138. The summed E-state index contributed by atoms with van der Waals surface area (Å²) in [5, 5.41) is 2.40. The quantitative estimate of drug-likeness (QED) is 0.156. The summed E-state index contributed by atoms with van der Waals surface area (Å²) in [7, 11) is 1.69. The number of rotatable bonds is 8. The Morgan fingerprint density at radius 2 is 1.77 bits per heavy atom. The van der Waals surface area contributed by atoms with Crippen LogP contribution in [0.2, 0.25) is 0 Å². The number of carbonyl (C=O) groups is 1. The molecule has 0 aliphatic carbocycles. The number of amides is 1. The highest BCUT2D eigenvalue weighted by molar-refractivity contribution is 8.14. The largest absolute Gasteiger partial charge is 0.497 e. The minimum atomic E-state index is -0.0167. The van der Waals surface area contributed by atoms with Gasteiger partial charge in [-0.25, -0.2) is 0 Å². The van der Waals surface area contributed by atoms with E-state index in [1.807, 2.05) is 48.5 Å². The maximum atomic E-state index is 13.3. The van der Waals surface area contributed by atoms with E-state index in [-0.39, 0.29) is 22.4 Å². The first kappa shape index (κ1) is 26.8. The first-order valence-electron chi connectivity index (χ1n) is 13.7. The third kappa shape index (κ3) is 5.21. The van der Waals surface area contributed by atoms with Gasteiger partial charge in [-0.1, -0.05) is 60.3 Å². The van der Waals surface area contributed by atoms with Crippen LogP contribution >= 0.6 is 23.4 Å². The normalized spacial score (nSPS) is 21.2.